The van der Waals surface area contributed by atoms with E-state index in [1.165, 1.54) is 24.3 Å². The third-order valence-electron chi connectivity index (χ3n) is 3.96. The van der Waals surface area contributed by atoms with Gasteiger partial charge in [0, 0.05) is 35.8 Å². The number of hydrogen-bond donors (Lipinski definition) is 2. The second-order valence-corrected chi connectivity index (χ2v) is 6.11. The number of hydrogen-bond acceptors (Lipinski definition) is 3. The normalized spacial score (nSPS) is 11.1. The van der Waals surface area contributed by atoms with Gasteiger partial charge in [-0.05, 0) is 35.8 Å². The highest BCUT2D eigenvalue weighted by atomic mass is 35.5. The molecule has 2 aromatic carbocycles. The summed E-state index contributed by atoms with van der Waals surface area (Å²) < 4.78 is 0. The van der Waals surface area contributed by atoms with Crippen LogP contribution in [0.25, 0.3) is 17.0 Å². The van der Waals surface area contributed by atoms with E-state index in [2.05, 4.69) is 10.3 Å². The highest BCUT2D eigenvalue weighted by Crippen LogP contribution is 2.25. The molecule has 3 aromatic rings. The van der Waals surface area contributed by atoms with Gasteiger partial charge in [0.25, 0.3) is 5.69 Å². The zero-order chi connectivity index (χ0) is 18.5. The van der Waals surface area contributed by atoms with Gasteiger partial charge in [0.1, 0.15) is 5.02 Å². The molecule has 0 spiro atoms. The number of fused-ring (bicyclic) bond motifs is 1. The zero-order valence-corrected chi connectivity index (χ0v) is 14.5. The zero-order valence-electron chi connectivity index (χ0n) is 13.7. The first-order chi connectivity index (χ1) is 12.5. The van der Waals surface area contributed by atoms with Gasteiger partial charge < -0.3 is 10.3 Å². The van der Waals surface area contributed by atoms with E-state index in [1.54, 1.807) is 6.07 Å². The number of para-hydroxylation sites is 1. The summed E-state index contributed by atoms with van der Waals surface area (Å²) >= 11 is 5.77. The van der Waals surface area contributed by atoms with E-state index in [-0.39, 0.29) is 16.6 Å². The summed E-state index contributed by atoms with van der Waals surface area (Å²) in [6.07, 6.45) is 5.52. The molecule has 1 aromatic heterocycles. The lowest BCUT2D eigenvalue weighted by Gasteiger charge is -2.02. The first kappa shape index (κ1) is 17.7. The maximum Gasteiger partial charge on any atom is 0.288 e. The number of aromatic amines is 1. The molecule has 0 bridgehead atoms. The van der Waals surface area contributed by atoms with Crippen LogP contribution >= 0.6 is 11.6 Å². The van der Waals surface area contributed by atoms with E-state index >= 15 is 0 Å². The van der Waals surface area contributed by atoms with Crippen LogP contribution in [0.5, 0.6) is 0 Å². The van der Waals surface area contributed by atoms with Gasteiger partial charge in [0.2, 0.25) is 5.91 Å². The molecule has 0 radical (unpaired) electrons. The van der Waals surface area contributed by atoms with Gasteiger partial charge in [0.15, 0.2) is 0 Å². The molecular formula is C19H16ClN3O3. The van der Waals surface area contributed by atoms with Crippen molar-refractivity contribution in [2.24, 2.45) is 0 Å². The molecule has 6 nitrogen and oxygen atoms in total. The minimum atomic E-state index is -0.555. The van der Waals surface area contributed by atoms with Crippen LogP contribution in [0.15, 0.2) is 54.7 Å². The second-order valence-electron chi connectivity index (χ2n) is 5.70. The molecular weight excluding hydrogens is 354 g/mol. The lowest BCUT2D eigenvalue weighted by molar-refractivity contribution is -0.384. The van der Waals surface area contributed by atoms with Crippen LogP contribution in [-0.2, 0) is 11.2 Å². The van der Waals surface area contributed by atoms with Crippen molar-refractivity contribution in [2.75, 3.05) is 6.54 Å². The van der Waals surface area contributed by atoms with Gasteiger partial charge in [-0.3, -0.25) is 14.9 Å². The summed E-state index contributed by atoms with van der Waals surface area (Å²) in [7, 11) is 0. The van der Waals surface area contributed by atoms with Gasteiger partial charge in [-0.2, -0.15) is 0 Å². The van der Waals surface area contributed by atoms with Gasteiger partial charge in [-0.1, -0.05) is 35.9 Å². The Morgan fingerprint density at radius 3 is 2.88 bits per heavy atom. The fraction of sp³-hybridized carbons (Fsp3) is 0.105. The summed E-state index contributed by atoms with van der Waals surface area (Å²) in [6, 6.07) is 12.4. The quantitative estimate of drug-likeness (QED) is 0.389. The Kier molecular flexibility index (Phi) is 5.34. The van der Waals surface area contributed by atoms with Crippen molar-refractivity contribution in [1.82, 2.24) is 10.3 Å². The molecule has 1 heterocycles. The topological polar surface area (TPSA) is 88.0 Å². The number of halogens is 1. The number of amides is 1. The third kappa shape index (κ3) is 4.10. The van der Waals surface area contributed by atoms with E-state index in [0.29, 0.717) is 18.5 Å². The lowest BCUT2D eigenvalue weighted by Crippen LogP contribution is -2.23. The van der Waals surface area contributed by atoms with Crippen molar-refractivity contribution in [3.63, 3.8) is 0 Å². The molecule has 132 valence electrons. The molecule has 0 aliphatic heterocycles. The van der Waals surface area contributed by atoms with E-state index in [0.717, 1.165) is 16.5 Å². The number of nitro groups is 1. The average Bonchev–Trinajstić information content (AvgIpc) is 3.04. The van der Waals surface area contributed by atoms with Crippen molar-refractivity contribution in [3.05, 3.63) is 81.0 Å². The summed E-state index contributed by atoms with van der Waals surface area (Å²) in [6.45, 7) is 0.492. The third-order valence-corrected chi connectivity index (χ3v) is 4.28. The van der Waals surface area contributed by atoms with Crippen molar-refractivity contribution in [3.8, 4) is 0 Å². The Morgan fingerprint density at radius 2 is 2.08 bits per heavy atom. The summed E-state index contributed by atoms with van der Waals surface area (Å²) in [5.74, 6) is -0.262. The molecule has 7 heteroatoms. The number of carbonyl (C=O) groups is 1. The van der Waals surface area contributed by atoms with Crippen LogP contribution in [0.2, 0.25) is 5.02 Å². The Morgan fingerprint density at radius 1 is 1.27 bits per heavy atom. The van der Waals surface area contributed by atoms with Gasteiger partial charge in [-0.15, -0.1) is 0 Å². The summed E-state index contributed by atoms with van der Waals surface area (Å²) in [4.78, 5) is 25.4. The van der Waals surface area contributed by atoms with Gasteiger partial charge in [0.05, 0.1) is 4.92 Å². The SMILES string of the molecule is O=C(C=Cc1ccc(Cl)c([N+](=O)[O-])c1)NCCc1c[nH]c2ccccc12. The van der Waals surface area contributed by atoms with E-state index < -0.39 is 4.92 Å². The Bertz CT molecular complexity index is 995. The van der Waals surface area contributed by atoms with Crippen LogP contribution in [0.1, 0.15) is 11.1 Å². The number of aromatic nitrogens is 1. The molecule has 0 aliphatic carbocycles. The maximum absolute atomic E-state index is 11.9. The van der Waals surface area contributed by atoms with Crippen LogP contribution < -0.4 is 5.32 Å². The minimum Gasteiger partial charge on any atom is -0.361 e. The molecule has 3 rings (SSSR count). The number of nitro benzene ring substituents is 1. The number of benzene rings is 2. The minimum absolute atomic E-state index is 0.0651. The Labute approximate surface area is 154 Å². The first-order valence-corrected chi connectivity index (χ1v) is 8.37. The largest absolute Gasteiger partial charge is 0.361 e. The molecule has 1 amide bonds. The highest BCUT2D eigenvalue weighted by molar-refractivity contribution is 6.32. The standard InChI is InChI=1S/C19H16ClN3O3/c20-16-7-5-13(11-18(16)23(25)26)6-8-19(24)21-10-9-14-12-22-17-4-2-1-3-15(14)17/h1-8,11-12,22H,9-10H2,(H,21,24). The Hall–Kier alpha value is -3.12. The van der Waals surface area contributed by atoms with Crippen LogP contribution in [0.4, 0.5) is 5.69 Å². The maximum atomic E-state index is 11.9. The molecule has 0 unspecified atom stereocenters. The predicted octanol–water partition coefficient (Wildman–Crippen LogP) is 4.10. The molecule has 26 heavy (non-hydrogen) atoms. The van der Waals surface area contributed by atoms with Crippen LogP contribution in [0, 0.1) is 10.1 Å². The smallest absolute Gasteiger partial charge is 0.288 e. The van der Waals surface area contributed by atoms with E-state index in [1.807, 2.05) is 30.5 Å². The number of carbonyl (C=O) groups excluding carboxylic acids is 1. The van der Waals surface area contributed by atoms with Gasteiger partial charge in [-0.25, -0.2) is 0 Å². The predicted molar refractivity (Wildman–Crippen MR) is 102 cm³/mol. The molecule has 0 fully saturated rings. The molecule has 0 saturated heterocycles. The molecule has 0 aliphatic rings. The molecule has 0 saturated carbocycles. The number of rotatable bonds is 6. The van der Waals surface area contributed by atoms with Crippen LogP contribution in [0.3, 0.4) is 0 Å². The fourth-order valence-electron chi connectivity index (χ4n) is 2.66. The van der Waals surface area contributed by atoms with Crippen molar-refractivity contribution < 1.29 is 9.72 Å². The first-order valence-electron chi connectivity index (χ1n) is 7.99. The van der Waals surface area contributed by atoms with Crippen molar-refractivity contribution >= 4 is 40.2 Å². The number of H-pyrrole nitrogens is 1. The molecule has 2 N–H and O–H groups in total. The Balaban J connectivity index is 1.56. The van der Waals surface area contributed by atoms with E-state index in [4.69, 9.17) is 11.6 Å². The average molecular weight is 370 g/mol. The number of nitrogens with one attached hydrogen (secondary N) is 2. The lowest BCUT2D eigenvalue weighted by atomic mass is 10.1. The van der Waals surface area contributed by atoms with Crippen molar-refractivity contribution in [1.29, 1.82) is 0 Å². The van der Waals surface area contributed by atoms with Crippen molar-refractivity contribution in [2.45, 2.75) is 6.42 Å². The van der Waals surface area contributed by atoms with Crippen LogP contribution in [-0.4, -0.2) is 22.4 Å². The summed E-state index contributed by atoms with van der Waals surface area (Å²) in [5.41, 5.74) is 2.55. The van der Waals surface area contributed by atoms with E-state index in [9.17, 15) is 14.9 Å². The summed E-state index contributed by atoms with van der Waals surface area (Å²) in [5, 5.41) is 14.9. The monoisotopic (exact) mass is 369 g/mol. The van der Waals surface area contributed by atoms with Gasteiger partial charge >= 0.3 is 0 Å². The number of nitrogens with zero attached hydrogens (tertiary/aromatic N) is 1. The highest BCUT2D eigenvalue weighted by Gasteiger charge is 2.11. The second kappa shape index (κ2) is 7.84. The fourth-order valence-corrected chi connectivity index (χ4v) is 2.85. The molecule has 0 atom stereocenters.